The summed E-state index contributed by atoms with van der Waals surface area (Å²) in [6.07, 6.45) is 0. The van der Waals surface area contributed by atoms with Crippen LogP contribution in [0.4, 0.5) is 0 Å². The third-order valence-electron chi connectivity index (χ3n) is 1.16. The molecule has 0 spiro atoms. The molecule has 0 aromatic heterocycles. The van der Waals surface area contributed by atoms with E-state index < -0.39 is 8.60 Å². The predicted octanol–water partition coefficient (Wildman–Crippen LogP) is 1.85. The molecule has 0 aliphatic heterocycles. The van der Waals surface area contributed by atoms with E-state index in [0.717, 1.165) is 0 Å². The topological polar surface area (TPSA) is 49.7 Å². The molecule has 66 valence electrons. The second-order valence-electron chi connectivity index (χ2n) is 1.97. The second kappa shape index (κ2) is 4.35. The smallest absolute Gasteiger partial charge is 0.391 e. The molecule has 6 heteroatoms. The number of thiol groups is 2. The minimum Gasteiger partial charge on any atom is -0.426 e. The van der Waals surface area contributed by atoms with Crippen LogP contribution in [-0.2, 0) is 0 Å². The van der Waals surface area contributed by atoms with Crippen molar-refractivity contribution >= 4 is 33.9 Å². The van der Waals surface area contributed by atoms with Gasteiger partial charge in [-0.15, -0.1) is 25.3 Å². The molecule has 1 aromatic carbocycles. The summed E-state index contributed by atoms with van der Waals surface area (Å²) in [4.78, 5) is 18.2. The van der Waals surface area contributed by atoms with Crippen LogP contribution in [0.3, 0.4) is 0 Å². The molecule has 1 rings (SSSR count). The van der Waals surface area contributed by atoms with Gasteiger partial charge in [-0.05, 0) is 12.1 Å². The second-order valence-corrected chi connectivity index (χ2v) is 3.58. The number of benzene rings is 1. The lowest BCUT2D eigenvalue weighted by Gasteiger charge is -2.08. The van der Waals surface area contributed by atoms with Gasteiger partial charge in [0.25, 0.3) is 0 Å². The van der Waals surface area contributed by atoms with Gasteiger partial charge in [-0.2, -0.15) is 0 Å². The van der Waals surface area contributed by atoms with E-state index in [2.05, 4.69) is 29.8 Å². The lowest BCUT2D eigenvalue weighted by molar-refractivity contribution is 0.371. The summed E-state index contributed by atoms with van der Waals surface area (Å²) in [5, 5.41) is 0. The van der Waals surface area contributed by atoms with Crippen molar-refractivity contribution in [2.45, 2.75) is 9.79 Å². The summed E-state index contributed by atoms with van der Waals surface area (Å²) in [6.45, 7) is 0. The first-order chi connectivity index (χ1) is 5.61. The van der Waals surface area contributed by atoms with Gasteiger partial charge in [0.2, 0.25) is 0 Å². The largest absolute Gasteiger partial charge is 0.426 e. The Hall–Kier alpha value is 0.0700. The Morgan fingerprint density at radius 1 is 1.25 bits per heavy atom. The summed E-state index contributed by atoms with van der Waals surface area (Å²) in [5.74, 6) is 0.321. The first-order valence-electron chi connectivity index (χ1n) is 2.98. The maximum absolute atomic E-state index is 8.56. The van der Waals surface area contributed by atoms with E-state index >= 15 is 0 Å². The van der Waals surface area contributed by atoms with Gasteiger partial charge in [-0.25, -0.2) is 0 Å². The van der Waals surface area contributed by atoms with Gasteiger partial charge in [0.1, 0.15) is 5.75 Å². The molecule has 2 N–H and O–H groups in total. The Bertz CT molecular complexity index is 279. The van der Waals surface area contributed by atoms with Crippen molar-refractivity contribution in [3.63, 3.8) is 0 Å². The lowest BCUT2D eigenvalue weighted by atomic mass is 10.3. The quantitative estimate of drug-likeness (QED) is 0.456. The fourth-order valence-corrected chi connectivity index (χ4v) is 1.46. The molecule has 12 heavy (non-hydrogen) atoms. The van der Waals surface area contributed by atoms with Crippen molar-refractivity contribution in [3.8, 4) is 5.75 Å². The van der Waals surface area contributed by atoms with Gasteiger partial charge in [0.05, 0.1) is 4.90 Å². The SMILES string of the molecule is OP(O)Oc1cccc(S)c1S. The van der Waals surface area contributed by atoms with Crippen LogP contribution in [0.25, 0.3) is 0 Å². The number of rotatable bonds is 2. The van der Waals surface area contributed by atoms with Crippen molar-refractivity contribution in [3.05, 3.63) is 18.2 Å². The van der Waals surface area contributed by atoms with Gasteiger partial charge in [-0.3, -0.25) is 0 Å². The molecule has 0 heterocycles. The maximum atomic E-state index is 8.56. The highest BCUT2D eigenvalue weighted by atomic mass is 32.1. The van der Waals surface area contributed by atoms with E-state index in [1.807, 2.05) is 0 Å². The molecule has 0 bridgehead atoms. The van der Waals surface area contributed by atoms with Gasteiger partial charge < -0.3 is 14.3 Å². The Kier molecular flexibility index (Phi) is 3.68. The van der Waals surface area contributed by atoms with Crippen LogP contribution < -0.4 is 4.52 Å². The average molecular weight is 222 g/mol. The van der Waals surface area contributed by atoms with Crippen LogP contribution in [0.15, 0.2) is 28.0 Å². The molecule has 0 radical (unpaired) electrons. The monoisotopic (exact) mass is 222 g/mol. The van der Waals surface area contributed by atoms with Gasteiger partial charge in [0.15, 0.2) is 0 Å². The van der Waals surface area contributed by atoms with Crippen LogP contribution in [-0.4, -0.2) is 9.79 Å². The molecular weight excluding hydrogens is 215 g/mol. The number of hydrogen-bond acceptors (Lipinski definition) is 5. The standard InChI is InChI=1S/C6H7O3PS2/c7-10(8)9-4-2-1-3-5(11)6(4)12/h1-3,7-8,11-12H. The molecule has 0 fully saturated rings. The van der Waals surface area contributed by atoms with Crippen LogP contribution in [0, 0.1) is 0 Å². The average Bonchev–Trinajstić information content (AvgIpc) is 1.98. The normalized spacial score (nSPS) is 10.4. The molecule has 3 nitrogen and oxygen atoms in total. The fraction of sp³-hybridized carbons (Fsp3) is 0. The molecule has 0 atom stereocenters. The van der Waals surface area contributed by atoms with Crippen LogP contribution >= 0.6 is 33.9 Å². The van der Waals surface area contributed by atoms with Crippen molar-refractivity contribution < 1.29 is 14.3 Å². The Morgan fingerprint density at radius 3 is 2.50 bits per heavy atom. The van der Waals surface area contributed by atoms with Crippen LogP contribution in [0.1, 0.15) is 0 Å². The van der Waals surface area contributed by atoms with Crippen molar-refractivity contribution in [2.75, 3.05) is 0 Å². The maximum Gasteiger partial charge on any atom is 0.391 e. The zero-order valence-electron chi connectivity index (χ0n) is 5.88. The summed E-state index contributed by atoms with van der Waals surface area (Å²) in [7, 11) is -2.39. The zero-order valence-corrected chi connectivity index (χ0v) is 8.56. The van der Waals surface area contributed by atoms with Crippen LogP contribution in [0.5, 0.6) is 5.75 Å². The van der Waals surface area contributed by atoms with Crippen LogP contribution in [0.2, 0.25) is 0 Å². The lowest BCUT2D eigenvalue weighted by Crippen LogP contribution is -1.86. The first-order valence-corrected chi connectivity index (χ1v) is 5.04. The van der Waals surface area contributed by atoms with Gasteiger partial charge in [0, 0.05) is 4.90 Å². The van der Waals surface area contributed by atoms with E-state index in [0.29, 0.717) is 15.5 Å². The molecule has 0 saturated heterocycles. The highest BCUT2D eigenvalue weighted by Crippen LogP contribution is 2.35. The molecule has 1 aromatic rings. The molecule has 0 amide bonds. The summed E-state index contributed by atoms with van der Waals surface area (Å²) in [6, 6.07) is 5.01. The molecule has 0 saturated carbocycles. The predicted molar refractivity (Wildman–Crippen MR) is 52.9 cm³/mol. The van der Waals surface area contributed by atoms with Crippen molar-refractivity contribution in [2.24, 2.45) is 0 Å². The molecule has 0 aliphatic carbocycles. The van der Waals surface area contributed by atoms with Gasteiger partial charge >= 0.3 is 8.60 Å². The van der Waals surface area contributed by atoms with E-state index in [-0.39, 0.29) is 0 Å². The highest BCUT2D eigenvalue weighted by Gasteiger charge is 2.07. The summed E-state index contributed by atoms with van der Waals surface area (Å²) in [5.41, 5.74) is 0. The van der Waals surface area contributed by atoms with E-state index in [1.54, 1.807) is 18.2 Å². The Balaban J connectivity index is 2.92. The van der Waals surface area contributed by atoms with Crippen molar-refractivity contribution in [1.82, 2.24) is 0 Å². The minimum absolute atomic E-state index is 0.321. The van der Waals surface area contributed by atoms with E-state index in [9.17, 15) is 0 Å². The molecular formula is C6H7O3PS2. The van der Waals surface area contributed by atoms with E-state index in [1.165, 1.54) is 0 Å². The minimum atomic E-state index is -2.39. The highest BCUT2D eigenvalue weighted by molar-refractivity contribution is 7.83. The van der Waals surface area contributed by atoms with E-state index in [4.69, 9.17) is 9.79 Å². The van der Waals surface area contributed by atoms with Gasteiger partial charge in [-0.1, -0.05) is 6.07 Å². The summed E-state index contributed by atoms with van der Waals surface area (Å²) < 4.78 is 4.68. The van der Waals surface area contributed by atoms with Crippen molar-refractivity contribution in [1.29, 1.82) is 0 Å². The third kappa shape index (κ3) is 2.54. The molecule has 0 unspecified atom stereocenters. The fourth-order valence-electron chi connectivity index (χ4n) is 0.672. The third-order valence-corrected chi connectivity index (χ3v) is 2.53. The number of hydrogen-bond donors (Lipinski definition) is 4. The molecule has 0 aliphatic rings. The Labute approximate surface area is 82.2 Å². The Morgan fingerprint density at radius 2 is 1.92 bits per heavy atom. The first kappa shape index (κ1) is 10.2. The zero-order chi connectivity index (χ0) is 9.14. The summed E-state index contributed by atoms with van der Waals surface area (Å²) >= 11 is 8.15.